The number of carbonyl (C=O) groups excluding carboxylic acids is 1. The van der Waals surface area contributed by atoms with E-state index in [0.29, 0.717) is 18.8 Å². The summed E-state index contributed by atoms with van der Waals surface area (Å²) in [5.74, 6) is 2.13. The monoisotopic (exact) mass is 358 g/mol. The largest absolute Gasteiger partial charge is 0.469 e. The zero-order valence-electron chi connectivity index (χ0n) is 16.1. The second-order valence-corrected chi connectivity index (χ2v) is 7.04. The van der Waals surface area contributed by atoms with E-state index in [2.05, 4.69) is 26.0 Å². The summed E-state index contributed by atoms with van der Waals surface area (Å²) in [6.45, 7) is 4.29. The molecule has 2 aromatic heterocycles. The Balaban J connectivity index is 1.65. The van der Waals surface area contributed by atoms with Crippen molar-refractivity contribution in [1.29, 1.82) is 0 Å². The molecule has 0 aliphatic rings. The minimum Gasteiger partial charge on any atom is -0.469 e. The van der Waals surface area contributed by atoms with E-state index in [1.54, 1.807) is 6.26 Å². The lowest BCUT2D eigenvalue weighted by Crippen LogP contribution is -2.06. The molecule has 0 radical (unpaired) electrons. The highest BCUT2D eigenvalue weighted by molar-refractivity contribution is 5.69. The quantitative estimate of drug-likeness (QED) is 0.293. The van der Waals surface area contributed by atoms with Crippen LogP contribution in [0.3, 0.4) is 0 Å². The first-order chi connectivity index (χ1) is 12.6. The number of methoxy groups -OCH3 is 1. The molecule has 0 aliphatic heterocycles. The van der Waals surface area contributed by atoms with Gasteiger partial charge in [-0.05, 0) is 68.7 Å². The number of carbonyl (C=O) groups is 1. The molecule has 2 heterocycles. The third-order valence-electron chi connectivity index (χ3n) is 4.58. The van der Waals surface area contributed by atoms with Gasteiger partial charge >= 0.3 is 5.97 Å². The van der Waals surface area contributed by atoms with Crippen molar-refractivity contribution < 1.29 is 18.4 Å². The summed E-state index contributed by atoms with van der Waals surface area (Å²) in [6.07, 6.45) is 12.3. The highest BCUT2D eigenvalue weighted by Gasteiger charge is 2.08. The summed E-state index contributed by atoms with van der Waals surface area (Å²) in [6, 6.07) is 5.97. The normalized spacial score (nSPS) is 13.0. The molecule has 0 amide bonds. The van der Waals surface area contributed by atoms with E-state index in [1.165, 1.54) is 18.2 Å². The number of esters is 1. The highest BCUT2D eigenvalue weighted by atomic mass is 16.5. The molecule has 0 N–H and O–H groups in total. The van der Waals surface area contributed by atoms with Crippen LogP contribution in [0, 0.1) is 5.92 Å². The second-order valence-electron chi connectivity index (χ2n) is 7.04. The molecule has 2 aromatic rings. The molecule has 0 fully saturated rings. The Morgan fingerprint density at radius 3 is 2.88 bits per heavy atom. The number of furan rings is 2. The Morgan fingerprint density at radius 2 is 2.15 bits per heavy atom. The van der Waals surface area contributed by atoms with Gasteiger partial charge in [0.2, 0.25) is 0 Å². The van der Waals surface area contributed by atoms with Crippen molar-refractivity contribution in [1.82, 2.24) is 0 Å². The van der Waals surface area contributed by atoms with E-state index >= 15 is 0 Å². The van der Waals surface area contributed by atoms with Crippen LogP contribution in [0.4, 0.5) is 0 Å². The summed E-state index contributed by atoms with van der Waals surface area (Å²) < 4.78 is 15.7. The summed E-state index contributed by atoms with van der Waals surface area (Å²) in [5, 5.41) is 0. The molecule has 0 spiro atoms. The van der Waals surface area contributed by atoms with Crippen molar-refractivity contribution in [2.45, 2.75) is 58.8 Å². The first-order valence-electron chi connectivity index (χ1n) is 9.38. The lowest BCUT2D eigenvalue weighted by Gasteiger charge is -2.08. The van der Waals surface area contributed by atoms with Crippen LogP contribution in [0.5, 0.6) is 0 Å². The number of unbranched alkanes of at least 4 members (excludes halogenated alkanes) is 1. The van der Waals surface area contributed by atoms with Gasteiger partial charge in [-0.2, -0.15) is 0 Å². The molecule has 0 saturated carbocycles. The maximum atomic E-state index is 11.2. The average molecular weight is 358 g/mol. The van der Waals surface area contributed by atoms with Crippen LogP contribution in [-0.4, -0.2) is 13.1 Å². The lowest BCUT2D eigenvalue weighted by atomic mass is 9.99. The van der Waals surface area contributed by atoms with Gasteiger partial charge in [-0.25, -0.2) is 0 Å². The van der Waals surface area contributed by atoms with Crippen LogP contribution in [0.15, 0.2) is 51.2 Å². The van der Waals surface area contributed by atoms with Crippen molar-refractivity contribution in [3.8, 4) is 0 Å². The maximum absolute atomic E-state index is 11.2. The van der Waals surface area contributed by atoms with Gasteiger partial charge in [0.25, 0.3) is 0 Å². The molecule has 0 aromatic carbocycles. The molecule has 2 rings (SSSR count). The maximum Gasteiger partial charge on any atom is 0.305 e. The fourth-order valence-electron chi connectivity index (χ4n) is 2.96. The molecular formula is C22H30O4. The minimum absolute atomic E-state index is 0.115. The minimum atomic E-state index is -0.115. The first-order valence-corrected chi connectivity index (χ1v) is 9.38. The van der Waals surface area contributed by atoms with E-state index in [9.17, 15) is 4.79 Å². The van der Waals surface area contributed by atoms with Crippen LogP contribution in [-0.2, 0) is 22.4 Å². The van der Waals surface area contributed by atoms with Crippen LogP contribution in [0.1, 0.15) is 63.0 Å². The molecule has 0 aliphatic carbocycles. The van der Waals surface area contributed by atoms with Gasteiger partial charge in [-0.1, -0.05) is 18.6 Å². The molecule has 142 valence electrons. The van der Waals surface area contributed by atoms with Gasteiger partial charge in [0.1, 0.15) is 11.5 Å². The topological polar surface area (TPSA) is 52.6 Å². The Morgan fingerprint density at radius 1 is 1.31 bits per heavy atom. The van der Waals surface area contributed by atoms with Crippen molar-refractivity contribution >= 4 is 5.97 Å². The number of hydrogen-bond acceptors (Lipinski definition) is 4. The highest BCUT2D eigenvalue weighted by Crippen LogP contribution is 2.18. The van der Waals surface area contributed by atoms with Crippen LogP contribution >= 0.6 is 0 Å². The molecule has 4 heteroatoms. The Bertz CT molecular complexity index is 679. The van der Waals surface area contributed by atoms with Crippen molar-refractivity contribution in [3.63, 3.8) is 0 Å². The molecule has 4 nitrogen and oxygen atoms in total. The third-order valence-corrected chi connectivity index (χ3v) is 4.58. The van der Waals surface area contributed by atoms with Crippen molar-refractivity contribution in [2.24, 2.45) is 5.92 Å². The van der Waals surface area contributed by atoms with E-state index in [-0.39, 0.29) is 5.97 Å². The second kappa shape index (κ2) is 10.7. The number of rotatable bonds is 11. The molecular weight excluding hydrogens is 328 g/mol. The molecule has 0 bridgehead atoms. The Hall–Kier alpha value is -2.23. The molecule has 0 saturated heterocycles. The van der Waals surface area contributed by atoms with Crippen LogP contribution < -0.4 is 0 Å². The predicted molar refractivity (Wildman–Crippen MR) is 102 cm³/mol. The lowest BCUT2D eigenvalue weighted by molar-refractivity contribution is -0.141. The van der Waals surface area contributed by atoms with Crippen molar-refractivity contribution in [3.05, 3.63) is 59.5 Å². The fraction of sp³-hybridized carbons (Fsp3) is 0.500. The number of ether oxygens (including phenoxy) is 1. The van der Waals surface area contributed by atoms with Gasteiger partial charge in [0, 0.05) is 6.42 Å². The van der Waals surface area contributed by atoms with E-state index in [0.717, 1.165) is 43.6 Å². The van der Waals surface area contributed by atoms with Gasteiger partial charge in [-0.15, -0.1) is 0 Å². The Kier molecular flexibility index (Phi) is 8.26. The molecule has 26 heavy (non-hydrogen) atoms. The summed E-state index contributed by atoms with van der Waals surface area (Å²) >= 11 is 0. The van der Waals surface area contributed by atoms with E-state index in [1.807, 2.05) is 18.4 Å². The predicted octanol–water partition coefficient (Wildman–Crippen LogP) is 5.71. The third kappa shape index (κ3) is 7.34. The SMILES string of the molecule is COC(=O)C[C@H](C)CCCC=C(C)CCc1coc(Cc2ccco2)c1. The van der Waals surface area contributed by atoms with Gasteiger partial charge < -0.3 is 13.6 Å². The number of allylic oxidation sites excluding steroid dienone is 2. The summed E-state index contributed by atoms with van der Waals surface area (Å²) in [5.41, 5.74) is 2.63. The summed E-state index contributed by atoms with van der Waals surface area (Å²) in [4.78, 5) is 11.2. The molecule has 1 atom stereocenters. The van der Waals surface area contributed by atoms with Gasteiger partial charge in [0.15, 0.2) is 0 Å². The Labute approximate surface area is 156 Å². The standard InChI is InChI=1S/C22H30O4/c1-17(7-4-5-8-18(2)13-22(23)24-3)10-11-19-14-21(26-16-19)15-20-9-6-12-25-20/h6-7,9,12,14,16,18H,4-5,8,10-11,13,15H2,1-3H3/t18-/m1/s1. The molecule has 0 unspecified atom stereocenters. The smallest absolute Gasteiger partial charge is 0.305 e. The van der Waals surface area contributed by atoms with E-state index < -0.39 is 0 Å². The number of hydrogen-bond donors (Lipinski definition) is 0. The number of aryl methyl sites for hydroxylation is 1. The average Bonchev–Trinajstić information content (AvgIpc) is 3.29. The van der Waals surface area contributed by atoms with Crippen molar-refractivity contribution in [2.75, 3.05) is 7.11 Å². The zero-order valence-corrected chi connectivity index (χ0v) is 16.1. The van der Waals surface area contributed by atoms with E-state index in [4.69, 9.17) is 13.6 Å². The van der Waals surface area contributed by atoms with Crippen LogP contribution in [0.2, 0.25) is 0 Å². The van der Waals surface area contributed by atoms with Gasteiger partial charge in [0.05, 0.1) is 26.1 Å². The zero-order chi connectivity index (χ0) is 18.8. The summed E-state index contributed by atoms with van der Waals surface area (Å²) in [7, 11) is 1.45. The fourth-order valence-corrected chi connectivity index (χ4v) is 2.96. The van der Waals surface area contributed by atoms with Crippen LogP contribution in [0.25, 0.3) is 0 Å². The first kappa shape index (κ1) is 20.1. The van der Waals surface area contributed by atoms with Gasteiger partial charge in [-0.3, -0.25) is 4.79 Å².